The third-order valence-corrected chi connectivity index (χ3v) is 3.78. The van der Waals surface area contributed by atoms with Gasteiger partial charge in [0, 0.05) is 4.47 Å². The van der Waals surface area contributed by atoms with Gasteiger partial charge in [-0.15, -0.1) is 0 Å². The van der Waals surface area contributed by atoms with Gasteiger partial charge in [-0.05, 0) is 25.1 Å². The molecule has 1 aliphatic rings. The van der Waals surface area contributed by atoms with Crippen molar-refractivity contribution in [3.63, 3.8) is 0 Å². The van der Waals surface area contributed by atoms with Gasteiger partial charge in [0.15, 0.2) is 6.10 Å². The molecule has 22 heavy (non-hydrogen) atoms. The maximum atomic E-state index is 11.0. The number of nitrogens with one attached hydrogen (secondary N) is 1. The number of ether oxygens (including phenoxy) is 2. The minimum Gasteiger partial charge on any atom is -0.481 e. The Kier molecular flexibility index (Phi) is 4.21. The lowest BCUT2D eigenvalue weighted by atomic mass is 10.3. The second kappa shape index (κ2) is 6.13. The standard InChI is InChI=1S/C13H11BrClN3O4/c1-6(21-10-3-2-7(14)4-8(10)15)11-17-12(22-18-11)9-5-20-13(19)16-9/h2-4,6,9H,5H2,1H3,(H,16,19). The molecule has 2 atom stereocenters. The van der Waals surface area contributed by atoms with Gasteiger partial charge in [-0.3, -0.25) is 0 Å². The number of nitrogens with zero attached hydrogens (tertiary/aromatic N) is 2. The van der Waals surface area contributed by atoms with E-state index >= 15 is 0 Å². The lowest BCUT2D eigenvalue weighted by Crippen LogP contribution is -2.18. The maximum absolute atomic E-state index is 11.0. The van der Waals surface area contributed by atoms with E-state index in [1.807, 2.05) is 6.07 Å². The molecule has 1 amide bonds. The average molecular weight is 389 g/mol. The van der Waals surface area contributed by atoms with Crippen LogP contribution in [0.25, 0.3) is 0 Å². The Balaban J connectivity index is 1.71. The van der Waals surface area contributed by atoms with Gasteiger partial charge in [-0.25, -0.2) is 4.79 Å². The first-order valence-corrected chi connectivity index (χ1v) is 7.58. The van der Waals surface area contributed by atoms with Crippen molar-refractivity contribution in [3.05, 3.63) is 39.4 Å². The molecule has 1 aromatic carbocycles. The van der Waals surface area contributed by atoms with Crippen LogP contribution in [0.5, 0.6) is 5.75 Å². The highest BCUT2D eigenvalue weighted by atomic mass is 79.9. The summed E-state index contributed by atoms with van der Waals surface area (Å²) in [6, 6.07) is 4.87. The van der Waals surface area contributed by atoms with Crippen molar-refractivity contribution in [1.82, 2.24) is 15.5 Å². The van der Waals surface area contributed by atoms with E-state index < -0.39 is 18.2 Å². The molecule has 1 aliphatic heterocycles. The van der Waals surface area contributed by atoms with E-state index in [9.17, 15) is 4.79 Å². The number of benzene rings is 1. The van der Waals surface area contributed by atoms with E-state index in [2.05, 4.69) is 31.4 Å². The van der Waals surface area contributed by atoms with Crippen LogP contribution in [0.1, 0.15) is 30.8 Å². The van der Waals surface area contributed by atoms with Crippen molar-refractivity contribution < 1.29 is 18.8 Å². The Morgan fingerprint density at radius 1 is 1.55 bits per heavy atom. The van der Waals surface area contributed by atoms with Crippen molar-refractivity contribution in [2.45, 2.75) is 19.1 Å². The molecule has 0 saturated carbocycles. The molecule has 1 fully saturated rings. The third kappa shape index (κ3) is 3.17. The molecule has 1 saturated heterocycles. The van der Waals surface area contributed by atoms with Crippen molar-refractivity contribution in [2.75, 3.05) is 6.61 Å². The minimum absolute atomic E-state index is 0.161. The fourth-order valence-corrected chi connectivity index (χ4v) is 2.60. The molecule has 0 radical (unpaired) electrons. The van der Waals surface area contributed by atoms with Gasteiger partial charge in [-0.1, -0.05) is 32.7 Å². The second-order valence-electron chi connectivity index (χ2n) is 4.62. The maximum Gasteiger partial charge on any atom is 0.407 e. The number of hydrogen-bond donors (Lipinski definition) is 1. The molecule has 0 spiro atoms. The van der Waals surface area contributed by atoms with Crippen LogP contribution in [0.4, 0.5) is 4.79 Å². The average Bonchev–Trinajstić information content (AvgIpc) is 3.10. The Morgan fingerprint density at radius 2 is 2.36 bits per heavy atom. The SMILES string of the molecule is CC(Oc1ccc(Br)cc1Cl)c1noc(C2COC(=O)N2)n1. The van der Waals surface area contributed by atoms with E-state index in [0.717, 1.165) is 4.47 Å². The van der Waals surface area contributed by atoms with Crippen LogP contribution >= 0.6 is 27.5 Å². The predicted octanol–water partition coefficient (Wildman–Crippen LogP) is 3.41. The minimum atomic E-state index is -0.504. The highest BCUT2D eigenvalue weighted by molar-refractivity contribution is 9.10. The molecular formula is C13H11BrClN3O4. The fraction of sp³-hybridized carbons (Fsp3) is 0.308. The van der Waals surface area contributed by atoms with Crippen LogP contribution in [0.3, 0.4) is 0 Å². The van der Waals surface area contributed by atoms with Gasteiger partial charge in [0.2, 0.25) is 5.82 Å². The molecule has 1 N–H and O–H groups in total. The highest BCUT2D eigenvalue weighted by Gasteiger charge is 2.29. The van der Waals surface area contributed by atoms with Crippen molar-refractivity contribution in [1.29, 1.82) is 0 Å². The van der Waals surface area contributed by atoms with Crippen LogP contribution in [-0.4, -0.2) is 22.8 Å². The van der Waals surface area contributed by atoms with Crippen LogP contribution in [0.2, 0.25) is 5.02 Å². The second-order valence-corrected chi connectivity index (χ2v) is 5.94. The van der Waals surface area contributed by atoms with Crippen molar-refractivity contribution >= 4 is 33.6 Å². The van der Waals surface area contributed by atoms with Gasteiger partial charge >= 0.3 is 6.09 Å². The van der Waals surface area contributed by atoms with Gasteiger partial charge in [0.05, 0.1) is 5.02 Å². The molecule has 7 nitrogen and oxygen atoms in total. The largest absolute Gasteiger partial charge is 0.481 e. The van der Waals surface area contributed by atoms with Crippen LogP contribution in [0.15, 0.2) is 27.2 Å². The van der Waals surface area contributed by atoms with Gasteiger partial charge in [-0.2, -0.15) is 4.98 Å². The molecule has 3 rings (SSSR count). The molecule has 1 aromatic heterocycles. The van der Waals surface area contributed by atoms with E-state index in [1.54, 1.807) is 19.1 Å². The topological polar surface area (TPSA) is 86.5 Å². The number of carbonyl (C=O) groups excluding carboxylic acids is 1. The van der Waals surface area contributed by atoms with Crippen LogP contribution in [-0.2, 0) is 4.74 Å². The summed E-state index contributed by atoms with van der Waals surface area (Å²) in [4.78, 5) is 15.2. The molecule has 2 unspecified atom stereocenters. The van der Waals surface area contributed by atoms with Gasteiger partial charge in [0.1, 0.15) is 18.4 Å². The van der Waals surface area contributed by atoms with Gasteiger partial charge < -0.3 is 19.3 Å². The number of carbonyl (C=O) groups is 1. The number of aromatic nitrogens is 2. The number of cyclic esters (lactones) is 1. The summed E-state index contributed by atoms with van der Waals surface area (Å²) in [5.41, 5.74) is 0. The first-order valence-electron chi connectivity index (χ1n) is 6.41. The molecule has 2 aromatic rings. The summed E-state index contributed by atoms with van der Waals surface area (Å²) in [7, 11) is 0. The Labute approximate surface area is 139 Å². The number of rotatable bonds is 4. The normalized spacial score (nSPS) is 18.7. The number of amides is 1. The quantitative estimate of drug-likeness (QED) is 0.864. The Bertz CT molecular complexity index is 708. The number of hydrogen-bond acceptors (Lipinski definition) is 6. The zero-order valence-electron chi connectivity index (χ0n) is 11.4. The highest BCUT2D eigenvalue weighted by Crippen LogP contribution is 2.31. The molecule has 9 heteroatoms. The Hall–Kier alpha value is -1.80. The summed E-state index contributed by atoms with van der Waals surface area (Å²) < 4.78 is 16.5. The molecule has 2 heterocycles. The van der Waals surface area contributed by atoms with E-state index in [1.165, 1.54) is 0 Å². The summed E-state index contributed by atoms with van der Waals surface area (Å²) in [6.45, 7) is 1.94. The lowest BCUT2D eigenvalue weighted by molar-refractivity contribution is 0.176. The smallest absolute Gasteiger partial charge is 0.407 e. The molecule has 116 valence electrons. The summed E-state index contributed by atoms with van der Waals surface area (Å²) >= 11 is 9.43. The van der Waals surface area contributed by atoms with Crippen LogP contribution < -0.4 is 10.1 Å². The van der Waals surface area contributed by atoms with Crippen molar-refractivity contribution in [2.24, 2.45) is 0 Å². The Morgan fingerprint density at radius 3 is 3.05 bits per heavy atom. The molecule has 0 aliphatic carbocycles. The summed E-state index contributed by atoms with van der Waals surface area (Å²) in [5.74, 6) is 1.15. The zero-order valence-corrected chi connectivity index (χ0v) is 13.7. The van der Waals surface area contributed by atoms with E-state index in [4.69, 9.17) is 25.6 Å². The van der Waals surface area contributed by atoms with Gasteiger partial charge in [0.25, 0.3) is 5.89 Å². The monoisotopic (exact) mass is 387 g/mol. The number of alkyl carbamates (subject to hydrolysis) is 1. The number of halogens is 2. The predicted molar refractivity (Wildman–Crippen MR) is 79.7 cm³/mol. The lowest BCUT2D eigenvalue weighted by Gasteiger charge is -2.12. The van der Waals surface area contributed by atoms with E-state index in [-0.39, 0.29) is 12.5 Å². The third-order valence-electron chi connectivity index (χ3n) is 2.99. The molecular weight excluding hydrogens is 378 g/mol. The van der Waals surface area contributed by atoms with Crippen molar-refractivity contribution in [3.8, 4) is 5.75 Å². The zero-order chi connectivity index (χ0) is 15.7. The molecule has 0 bridgehead atoms. The van der Waals surface area contributed by atoms with Crippen LogP contribution in [0, 0.1) is 0 Å². The first kappa shape index (κ1) is 15.1. The fourth-order valence-electron chi connectivity index (χ4n) is 1.89. The van der Waals surface area contributed by atoms with E-state index in [0.29, 0.717) is 16.6 Å². The first-order chi connectivity index (χ1) is 10.5. The summed E-state index contributed by atoms with van der Waals surface area (Å²) in [6.07, 6.45) is -0.968. The summed E-state index contributed by atoms with van der Waals surface area (Å²) in [5, 5.41) is 6.90.